The van der Waals surface area contributed by atoms with Gasteiger partial charge in [0, 0.05) is 23.6 Å². The molecule has 0 saturated carbocycles. The van der Waals surface area contributed by atoms with E-state index in [4.69, 9.17) is 0 Å². The van der Waals surface area contributed by atoms with E-state index < -0.39 is 0 Å². The van der Waals surface area contributed by atoms with E-state index in [1.807, 2.05) is 0 Å². The van der Waals surface area contributed by atoms with Crippen molar-refractivity contribution < 1.29 is 4.79 Å². The number of hydrogen-bond acceptors (Lipinski definition) is 3. The van der Waals surface area contributed by atoms with Gasteiger partial charge in [0.1, 0.15) is 0 Å². The molecule has 0 amide bonds. The molecule has 3 heterocycles. The Balaban J connectivity index is 1.79. The smallest absolute Gasteiger partial charge is 0.217 e. The van der Waals surface area contributed by atoms with Gasteiger partial charge in [-0.25, -0.2) is 0 Å². The van der Waals surface area contributed by atoms with Crippen LogP contribution in [0, 0.1) is 0 Å². The Labute approximate surface area is 111 Å². The molecule has 1 aromatic rings. The predicted octanol–water partition coefficient (Wildman–Crippen LogP) is 2.91. The van der Waals surface area contributed by atoms with Crippen LogP contribution in [0.5, 0.6) is 0 Å². The molecule has 0 aliphatic carbocycles. The third kappa shape index (κ3) is 1.40. The fraction of sp³-hybridized carbons (Fsp3) is 0.400. The molecule has 0 fully saturated rings. The van der Waals surface area contributed by atoms with Crippen LogP contribution >= 0.6 is 11.8 Å². The van der Waals surface area contributed by atoms with Gasteiger partial charge in [-0.15, -0.1) is 0 Å². The monoisotopic (exact) mass is 257 g/mol. The van der Waals surface area contributed by atoms with E-state index in [0.29, 0.717) is 11.2 Å². The number of nitrogens with zero attached hydrogens (tertiary/aromatic N) is 1. The summed E-state index contributed by atoms with van der Waals surface area (Å²) in [4.78, 5) is 14.3. The van der Waals surface area contributed by atoms with Crippen LogP contribution < -0.4 is 0 Å². The van der Waals surface area contributed by atoms with Crippen molar-refractivity contribution in [1.82, 2.24) is 4.90 Å². The van der Waals surface area contributed by atoms with Crippen LogP contribution in [0.2, 0.25) is 0 Å². The lowest BCUT2D eigenvalue weighted by Crippen LogP contribution is -2.38. The van der Waals surface area contributed by atoms with E-state index in [2.05, 4.69) is 29.2 Å². The lowest BCUT2D eigenvalue weighted by atomic mass is 9.85. The highest BCUT2D eigenvalue weighted by molar-refractivity contribution is 8.14. The zero-order valence-electron chi connectivity index (χ0n) is 10.2. The van der Waals surface area contributed by atoms with Gasteiger partial charge >= 0.3 is 0 Å². The van der Waals surface area contributed by atoms with Crippen LogP contribution in [-0.2, 0) is 11.2 Å². The lowest BCUT2D eigenvalue weighted by molar-refractivity contribution is -0.108. The van der Waals surface area contributed by atoms with Crippen LogP contribution in [-0.4, -0.2) is 22.3 Å². The van der Waals surface area contributed by atoms with E-state index in [0.717, 1.165) is 37.1 Å². The summed E-state index contributed by atoms with van der Waals surface area (Å²) in [5.41, 5.74) is 5.42. The number of hydrogen-bond donors (Lipinski definition) is 0. The van der Waals surface area contributed by atoms with E-state index >= 15 is 0 Å². The summed E-state index contributed by atoms with van der Waals surface area (Å²) in [6.45, 7) is 1.08. The van der Waals surface area contributed by atoms with E-state index in [-0.39, 0.29) is 0 Å². The highest BCUT2D eigenvalue weighted by Gasteiger charge is 2.38. The van der Waals surface area contributed by atoms with Gasteiger partial charge in [0.05, 0.1) is 6.04 Å². The zero-order chi connectivity index (χ0) is 12.1. The summed E-state index contributed by atoms with van der Waals surface area (Å²) in [5, 5.41) is 0.322. The van der Waals surface area contributed by atoms with Gasteiger partial charge in [0.2, 0.25) is 5.12 Å². The summed E-state index contributed by atoms with van der Waals surface area (Å²) in [6.07, 6.45) is 3.18. The zero-order valence-corrected chi connectivity index (χ0v) is 11.0. The van der Waals surface area contributed by atoms with Gasteiger partial charge in [0.15, 0.2) is 0 Å². The summed E-state index contributed by atoms with van der Waals surface area (Å²) >= 11 is 1.49. The Kier molecular flexibility index (Phi) is 2.31. The van der Waals surface area contributed by atoms with Gasteiger partial charge in [-0.05, 0) is 30.4 Å². The van der Waals surface area contributed by atoms with E-state index in [9.17, 15) is 4.79 Å². The first-order valence-corrected chi connectivity index (χ1v) is 7.57. The molecule has 3 heteroatoms. The molecule has 1 atom stereocenters. The van der Waals surface area contributed by atoms with Gasteiger partial charge in [-0.2, -0.15) is 0 Å². The Morgan fingerprint density at radius 1 is 1.22 bits per heavy atom. The molecule has 0 aromatic heterocycles. The molecule has 0 N–H and O–H groups in total. The second kappa shape index (κ2) is 3.89. The minimum Gasteiger partial charge on any atom is -0.366 e. The molecule has 0 saturated heterocycles. The average Bonchev–Trinajstić information content (AvgIpc) is 2.80. The Morgan fingerprint density at radius 2 is 2.11 bits per heavy atom. The standard InChI is InChI=1S/C15H15NOS/c17-15-12-5-6-13-11-4-2-1-3-10(11)7-8-16(13)14(12)9-18-15/h1-4,13H,5-9H2. The van der Waals surface area contributed by atoms with Crippen molar-refractivity contribution in [3.8, 4) is 0 Å². The highest BCUT2D eigenvalue weighted by Crippen LogP contribution is 2.45. The number of benzene rings is 1. The number of carbonyl (C=O) groups excluding carboxylic acids is 1. The minimum absolute atomic E-state index is 0.322. The number of rotatable bonds is 0. The number of fused-ring (bicyclic) bond motifs is 4. The van der Waals surface area contributed by atoms with Crippen molar-refractivity contribution in [1.29, 1.82) is 0 Å². The maximum atomic E-state index is 11.8. The van der Waals surface area contributed by atoms with Crippen LogP contribution in [0.1, 0.15) is 30.0 Å². The molecule has 1 aromatic carbocycles. The third-order valence-corrected chi connectivity index (χ3v) is 5.29. The molecule has 1 unspecified atom stereocenters. The van der Waals surface area contributed by atoms with Crippen molar-refractivity contribution in [2.45, 2.75) is 25.3 Å². The van der Waals surface area contributed by atoms with Crippen molar-refractivity contribution >= 4 is 16.9 Å². The normalized spacial score (nSPS) is 25.9. The quantitative estimate of drug-likeness (QED) is 0.713. The molecule has 92 valence electrons. The molecule has 0 spiro atoms. The molecule has 0 radical (unpaired) electrons. The Morgan fingerprint density at radius 3 is 3.06 bits per heavy atom. The summed E-state index contributed by atoms with van der Waals surface area (Å²) in [6, 6.07) is 9.31. The first-order chi connectivity index (χ1) is 8.84. The summed E-state index contributed by atoms with van der Waals surface area (Å²) in [7, 11) is 0. The van der Waals surface area contributed by atoms with E-state index in [1.54, 1.807) is 0 Å². The number of thioether (sulfide) groups is 1. The fourth-order valence-electron chi connectivity index (χ4n) is 3.50. The first-order valence-electron chi connectivity index (χ1n) is 6.58. The molecule has 18 heavy (non-hydrogen) atoms. The number of carbonyl (C=O) groups is 1. The van der Waals surface area contributed by atoms with Gasteiger partial charge in [-0.1, -0.05) is 36.0 Å². The van der Waals surface area contributed by atoms with Crippen molar-refractivity contribution in [3.63, 3.8) is 0 Å². The second-order valence-electron chi connectivity index (χ2n) is 5.20. The Hall–Kier alpha value is -1.22. The maximum Gasteiger partial charge on any atom is 0.217 e. The lowest BCUT2D eigenvalue weighted by Gasteiger charge is -2.42. The van der Waals surface area contributed by atoms with Gasteiger partial charge < -0.3 is 4.90 Å². The fourth-order valence-corrected chi connectivity index (χ4v) is 4.50. The summed E-state index contributed by atoms with van der Waals surface area (Å²) < 4.78 is 0. The topological polar surface area (TPSA) is 20.3 Å². The minimum atomic E-state index is 0.322. The van der Waals surface area contributed by atoms with Crippen molar-refractivity contribution in [3.05, 3.63) is 46.7 Å². The molecular formula is C15H15NOS. The van der Waals surface area contributed by atoms with Crippen LogP contribution in [0.4, 0.5) is 0 Å². The van der Waals surface area contributed by atoms with Gasteiger partial charge in [-0.3, -0.25) is 4.79 Å². The third-order valence-electron chi connectivity index (χ3n) is 4.36. The molecular weight excluding hydrogens is 242 g/mol. The molecule has 0 bridgehead atoms. The molecule has 2 nitrogen and oxygen atoms in total. The second-order valence-corrected chi connectivity index (χ2v) is 6.15. The molecule has 4 rings (SSSR count). The van der Waals surface area contributed by atoms with E-state index in [1.165, 1.54) is 28.6 Å². The molecule has 3 aliphatic heterocycles. The first kappa shape index (κ1) is 10.7. The average molecular weight is 257 g/mol. The van der Waals surface area contributed by atoms with Crippen molar-refractivity contribution in [2.24, 2.45) is 0 Å². The summed E-state index contributed by atoms with van der Waals surface area (Å²) in [5.74, 6) is 0.896. The molecule has 3 aliphatic rings. The highest BCUT2D eigenvalue weighted by atomic mass is 32.2. The van der Waals surface area contributed by atoms with Crippen LogP contribution in [0.15, 0.2) is 35.5 Å². The Bertz CT molecular complexity index is 563. The van der Waals surface area contributed by atoms with Crippen LogP contribution in [0.3, 0.4) is 0 Å². The maximum absolute atomic E-state index is 11.8. The van der Waals surface area contributed by atoms with Crippen molar-refractivity contribution in [2.75, 3.05) is 12.3 Å². The van der Waals surface area contributed by atoms with Gasteiger partial charge in [0.25, 0.3) is 0 Å². The SMILES string of the molecule is O=C1SCC2=C1CCC1c3ccccc3CCN21. The largest absolute Gasteiger partial charge is 0.366 e. The predicted molar refractivity (Wildman–Crippen MR) is 73.3 cm³/mol. The van der Waals surface area contributed by atoms with Crippen LogP contribution in [0.25, 0.3) is 0 Å².